The Morgan fingerprint density at radius 3 is 2.68 bits per heavy atom. The summed E-state index contributed by atoms with van der Waals surface area (Å²) in [5.41, 5.74) is 2.33. The first kappa shape index (κ1) is 11.7. The Morgan fingerprint density at radius 2 is 2.00 bits per heavy atom. The van der Waals surface area contributed by atoms with Gasteiger partial charge in [-0.25, -0.2) is 0 Å². The highest BCUT2D eigenvalue weighted by atomic mass is 16.2. The molecule has 19 heavy (non-hydrogen) atoms. The van der Waals surface area contributed by atoms with Crippen molar-refractivity contribution in [2.75, 3.05) is 6.54 Å². The number of aromatic nitrogens is 1. The van der Waals surface area contributed by atoms with E-state index in [1.807, 2.05) is 43.6 Å². The van der Waals surface area contributed by atoms with Crippen LogP contribution in [0.3, 0.4) is 0 Å². The highest BCUT2D eigenvalue weighted by Crippen LogP contribution is 2.22. The number of amides is 1. The molecule has 96 valence electrons. The van der Waals surface area contributed by atoms with E-state index >= 15 is 0 Å². The van der Waals surface area contributed by atoms with Crippen molar-refractivity contribution in [3.8, 4) is 0 Å². The third-order valence-corrected chi connectivity index (χ3v) is 3.46. The molecular formula is C15H14N2O2. The highest BCUT2D eigenvalue weighted by Gasteiger charge is 2.28. The summed E-state index contributed by atoms with van der Waals surface area (Å²) in [6.45, 7) is 0.649. The van der Waals surface area contributed by atoms with E-state index in [2.05, 4.69) is 0 Å². The summed E-state index contributed by atoms with van der Waals surface area (Å²) in [7, 11) is 1.83. The van der Waals surface area contributed by atoms with Crippen LogP contribution in [0.15, 0.2) is 42.6 Å². The molecule has 1 aromatic heterocycles. The summed E-state index contributed by atoms with van der Waals surface area (Å²) < 4.78 is 1.77. The van der Waals surface area contributed by atoms with Gasteiger partial charge in [0.05, 0.1) is 12.2 Å². The van der Waals surface area contributed by atoms with Crippen molar-refractivity contribution in [3.05, 3.63) is 59.4 Å². The van der Waals surface area contributed by atoms with E-state index in [0.29, 0.717) is 17.8 Å². The number of aryl methyl sites for hydroxylation is 1. The molecule has 0 aliphatic carbocycles. The molecule has 3 rings (SSSR count). The fourth-order valence-corrected chi connectivity index (χ4v) is 2.45. The lowest BCUT2D eigenvalue weighted by Crippen LogP contribution is -2.30. The van der Waals surface area contributed by atoms with Gasteiger partial charge >= 0.3 is 0 Å². The molecule has 0 unspecified atom stereocenters. The number of fused-ring (bicyclic) bond motifs is 1. The number of Topliss-reactive ketones (excluding diaryl/α,β-unsaturated/α-hetero) is 1. The van der Waals surface area contributed by atoms with Crippen LogP contribution in [0.1, 0.15) is 26.4 Å². The van der Waals surface area contributed by atoms with E-state index in [0.717, 1.165) is 5.56 Å². The predicted octanol–water partition coefficient (Wildman–Crippen LogP) is 1.86. The van der Waals surface area contributed by atoms with E-state index in [-0.39, 0.29) is 18.2 Å². The lowest BCUT2D eigenvalue weighted by Gasteiger charge is -2.14. The Labute approximate surface area is 111 Å². The maximum atomic E-state index is 12.2. The van der Waals surface area contributed by atoms with Crippen molar-refractivity contribution in [1.82, 2.24) is 9.47 Å². The normalized spacial score (nSPS) is 13.7. The average molecular weight is 254 g/mol. The van der Waals surface area contributed by atoms with Gasteiger partial charge in [-0.05, 0) is 23.8 Å². The number of rotatable bonds is 3. The quantitative estimate of drug-likeness (QED) is 0.785. The fourth-order valence-electron chi connectivity index (χ4n) is 2.45. The maximum Gasteiger partial charge on any atom is 0.254 e. The van der Waals surface area contributed by atoms with Gasteiger partial charge in [-0.1, -0.05) is 18.2 Å². The van der Waals surface area contributed by atoms with Crippen molar-refractivity contribution in [2.24, 2.45) is 7.05 Å². The van der Waals surface area contributed by atoms with Gasteiger partial charge in [0.1, 0.15) is 0 Å². The standard InChI is InChI=1S/C15H14N2O2/c1-16-8-4-7-13(16)14(18)10-17-9-11-5-2-3-6-12(11)15(17)19/h2-8H,9-10H2,1H3. The van der Waals surface area contributed by atoms with Gasteiger partial charge < -0.3 is 9.47 Å². The molecule has 1 aromatic carbocycles. The van der Waals surface area contributed by atoms with Gasteiger partial charge in [0, 0.05) is 25.4 Å². The van der Waals surface area contributed by atoms with Crippen molar-refractivity contribution >= 4 is 11.7 Å². The number of carbonyl (C=O) groups excluding carboxylic acids is 2. The molecule has 1 aliphatic rings. The first-order valence-corrected chi connectivity index (χ1v) is 6.18. The van der Waals surface area contributed by atoms with Crippen LogP contribution in [0, 0.1) is 0 Å². The van der Waals surface area contributed by atoms with E-state index in [4.69, 9.17) is 0 Å². The third-order valence-electron chi connectivity index (χ3n) is 3.46. The second kappa shape index (κ2) is 4.39. The summed E-state index contributed by atoms with van der Waals surface area (Å²) in [6, 6.07) is 11.1. The van der Waals surface area contributed by atoms with Crippen LogP contribution < -0.4 is 0 Å². The summed E-state index contributed by atoms with van der Waals surface area (Å²) in [6.07, 6.45) is 1.83. The van der Waals surface area contributed by atoms with Crippen LogP contribution in [-0.2, 0) is 13.6 Å². The Morgan fingerprint density at radius 1 is 1.21 bits per heavy atom. The van der Waals surface area contributed by atoms with Gasteiger partial charge in [0.2, 0.25) is 0 Å². The smallest absolute Gasteiger partial charge is 0.254 e. The van der Waals surface area contributed by atoms with Crippen LogP contribution in [0.4, 0.5) is 0 Å². The Balaban J connectivity index is 1.79. The minimum Gasteiger partial charge on any atom is -0.348 e. The van der Waals surface area contributed by atoms with E-state index < -0.39 is 0 Å². The van der Waals surface area contributed by atoms with Crippen LogP contribution in [0.2, 0.25) is 0 Å². The Bertz CT molecular complexity index is 658. The molecule has 0 atom stereocenters. The number of carbonyl (C=O) groups is 2. The highest BCUT2D eigenvalue weighted by molar-refractivity contribution is 6.03. The molecule has 0 bridgehead atoms. The molecule has 0 spiro atoms. The third kappa shape index (κ3) is 1.95. The molecule has 0 N–H and O–H groups in total. The van der Waals surface area contributed by atoms with Crippen molar-refractivity contribution in [3.63, 3.8) is 0 Å². The summed E-state index contributed by atoms with van der Waals surface area (Å²) in [4.78, 5) is 25.9. The molecule has 2 heterocycles. The fraction of sp³-hybridized carbons (Fsp3) is 0.200. The van der Waals surface area contributed by atoms with E-state index in [9.17, 15) is 9.59 Å². The van der Waals surface area contributed by atoms with E-state index in [1.165, 1.54) is 0 Å². The monoisotopic (exact) mass is 254 g/mol. The molecule has 0 fully saturated rings. The molecule has 1 amide bonds. The van der Waals surface area contributed by atoms with Gasteiger partial charge in [-0.3, -0.25) is 9.59 Å². The summed E-state index contributed by atoms with van der Waals surface area (Å²) in [5.74, 6) is -0.0909. The predicted molar refractivity (Wildman–Crippen MR) is 70.9 cm³/mol. The second-order valence-corrected chi connectivity index (χ2v) is 4.75. The molecule has 1 aliphatic heterocycles. The topological polar surface area (TPSA) is 42.3 Å². The lowest BCUT2D eigenvalue weighted by atomic mass is 10.1. The maximum absolute atomic E-state index is 12.2. The Hall–Kier alpha value is -2.36. The number of hydrogen-bond acceptors (Lipinski definition) is 2. The van der Waals surface area contributed by atoms with E-state index in [1.54, 1.807) is 15.5 Å². The van der Waals surface area contributed by atoms with Crippen molar-refractivity contribution < 1.29 is 9.59 Å². The number of hydrogen-bond donors (Lipinski definition) is 0. The van der Waals surface area contributed by atoms with Gasteiger partial charge in [-0.2, -0.15) is 0 Å². The first-order valence-electron chi connectivity index (χ1n) is 6.18. The van der Waals surface area contributed by atoms with Gasteiger partial charge in [0.25, 0.3) is 5.91 Å². The van der Waals surface area contributed by atoms with Gasteiger partial charge in [-0.15, -0.1) is 0 Å². The van der Waals surface area contributed by atoms with Crippen LogP contribution in [0.25, 0.3) is 0 Å². The summed E-state index contributed by atoms with van der Waals surface area (Å²) in [5, 5.41) is 0. The Kier molecular flexibility index (Phi) is 2.71. The minimum absolute atomic E-state index is 0.0337. The number of nitrogens with zero attached hydrogens (tertiary/aromatic N) is 2. The zero-order valence-corrected chi connectivity index (χ0v) is 10.7. The molecular weight excluding hydrogens is 240 g/mol. The second-order valence-electron chi connectivity index (χ2n) is 4.75. The van der Waals surface area contributed by atoms with Gasteiger partial charge in [0.15, 0.2) is 5.78 Å². The van der Waals surface area contributed by atoms with Crippen molar-refractivity contribution in [2.45, 2.75) is 6.54 Å². The lowest BCUT2D eigenvalue weighted by molar-refractivity contribution is 0.0726. The molecule has 2 aromatic rings. The largest absolute Gasteiger partial charge is 0.348 e. The molecule has 4 nitrogen and oxygen atoms in total. The molecule has 4 heteroatoms. The van der Waals surface area contributed by atoms with Crippen LogP contribution in [0.5, 0.6) is 0 Å². The zero-order chi connectivity index (χ0) is 13.4. The number of ketones is 1. The van der Waals surface area contributed by atoms with Crippen LogP contribution in [-0.4, -0.2) is 27.7 Å². The minimum atomic E-state index is -0.0573. The van der Waals surface area contributed by atoms with Crippen molar-refractivity contribution in [1.29, 1.82) is 0 Å². The zero-order valence-electron chi connectivity index (χ0n) is 10.7. The average Bonchev–Trinajstić information content (AvgIpc) is 2.95. The number of benzene rings is 1. The first-order chi connectivity index (χ1) is 9.16. The SMILES string of the molecule is Cn1cccc1C(=O)CN1Cc2ccccc2C1=O. The molecule has 0 saturated carbocycles. The molecule has 0 radical (unpaired) electrons. The molecule has 0 saturated heterocycles. The summed E-state index contributed by atoms with van der Waals surface area (Å²) >= 11 is 0. The van der Waals surface area contributed by atoms with Crippen LogP contribution >= 0.6 is 0 Å².